The van der Waals surface area contributed by atoms with E-state index in [1.54, 1.807) is 0 Å². The van der Waals surface area contributed by atoms with Gasteiger partial charge in [0.05, 0.1) is 25.2 Å². The highest BCUT2D eigenvalue weighted by Gasteiger charge is 2.28. The molecule has 0 bridgehead atoms. The van der Waals surface area contributed by atoms with E-state index in [4.69, 9.17) is 11.5 Å². The Bertz CT molecular complexity index is 1240. The van der Waals surface area contributed by atoms with Crippen molar-refractivity contribution in [2.75, 3.05) is 34.4 Å². The Morgan fingerprint density at radius 3 is 1.51 bits per heavy atom. The summed E-state index contributed by atoms with van der Waals surface area (Å²) in [6.45, 7) is 6.31. The molecule has 4 aromatic rings. The van der Waals surface area contributed by atoms with Gasteiger partial charge in [-0.25, -0.2) is 18.3 Å². The van der Waals surface area contributed by atoms with Gasteiger partial charge < -0.3 is 21.3 Å². The molecule has 6 rings (SSSR count). The summed E-state index contributed by atoms with van der Waals surface area (Å²) in [7, 11) is 0. The van der Waals surface area contributed by atoms with Crippen molar-refractivity contribution in [1.82, 2.24) is 9.13 Å². The predicted molar refractivity (Wildman–Crippen MR) is 156 cm³/mol. The maximum Gasteiger partial charge on any atom is 0.243 e. The first-order valence-electron chi connectivity index (χ1n) is 14.4. The van der Waals surface area contributed by atoms with E-state index in [9.17, 15) is 0 Å². The van der Waals surface area contributed by atoms with Gasteiger partial charge >= 0.3 is 0 Å². The van der Waals surface area contributed by atoms with Crippen molar-refractivity contribution >= 4 is 22.7 Å². The Hall–Kier alpha value is -3.94. The average molecular weight is 527 g/mol. The Balaban J connectivity index is 0.978. The van der Waals surface area contributed by atoms with Crippen LogP contribution in [0.1, 0.15) is 32.1 Å². The second-order valence-corrected chi connectivity index (χ2v) is 11.2. The average Bonchev–Trinajstić information content (AvgIpc) is 3.75. The van der Waals surface area contributed by atoms with Crippen molar-refractivity contribution in [2.24, 2.45) is 0 Å². The third kappa shape index (κ3) is 6.05. The van der Waals surface area contributed by atoms with Crippen LogP contribution in [0.15, 0.2) is 86.0 Å². The van der Waals surface area contributed by atoms with Crippen LogP contribution in [0.2, 0.25) is 0 Å². The summed E-state index contributed by atoms with van der Waals surface area (Å²) in [6, 6.07) is 17.7. The molecule has 2 saturated heterocycles. The summed E-state index contributed by atoms with van der Waals surface area (Å²) in [5, 5.41) is 0. The number of benzene rings is 2. The molecule has 2 atom stereocenters. The lowest BCUT2D eigenvalue weighted by Gasteiger charge is -2.25. The predicted octanol–water partition coefficient (Wildman–Crippen LogP) is 3.46. The molecule has 0 saturated carbocycles. The van der Waals surface area contributed by atoms with E-state index in [0.29, 0.717) is 12.1 Å². The fourth-order valence-corrected chi connectivity index (χ4v) is 6.34. The molecule has 0 aliphatic carbocycles. The second-order valence-electron chi connectivity index (χ2n) is 11.2. The van der Waals surface area contributed by atoms with Crippen molar-refractivity contribution in [1.29, 1.82) is 0 Å². The maximum absolute atomic E-state index is 5.89. The van der Waals surface area contributed by atoms with Gasteiger partial charge in [-0.3, -0.25) is 0 Å². The fraction of sp³-hybridized carbons (Fsp3) is 0.419. The molecule has 2 aliphatic rings. The molecule has 2 aromatic heterocycles. The van der Waals surface area contributed by atoms with Crippen molar-refractivity contribution in [3.8, 4) is 0 Å². The van der Waals surface area contributed by atoms with E-state index in [2.05, 4.69) is 89.8 Å². The second kappa shape index (κ2) is 11.4. The van der Waals surface area contributed by atoms with Gasteiger partial charge in [-0.15, -0.1) is 0 Å². The maximum atomic E-state index is 5.89. The molecule has 0 spiro atoms. The van der Waals surface area contributed by atoms with E-state index >= 15 is 0 Å². The summed E-state index contributed by atoms with van der Waals surface area (Å²) < 4.78 is 9.34. The van der Waals surface area contributed by atoms with Crippen molar-refractivity contribution in [3.63, 3.8) is 0 Å². The molecule has 2 fully saturated rings. The lowest BCUT2D eigenvalue weighted by atomic mass is 10.2. The van der Waals surface area contributed by atoms with Crippen LogP contribution < -0.4 is 30.4 Å². The number of nitrogens with two attached hydrogens (primary N) is 2. The Labute approximate surface area is 231 Å². The van der Waals surface area contributed by atoms with Crippen LogP contribution in [-0.2, 0) is 26.2 Å². The number of nitrogen functional groups attached to an aromatic ring is 2. The van der Waals surface area contributed by atoms with Crippen LogP contribution in [0.4, 0.5) is 22.7 Å². The zero-order chi connectivity index (χ0) is 26.6. The Morgan fingerprint density at radius 2 is 1.08 bits per heavy atom. The largest absolute Gasteiger partial charge is 0.399 e. The highest BCUT2D eigenvalue weighted by Crippen LogP contribution is 2.27. The molecule has 8 heteroatoms. The number of hydrogen-bond acceptors (Lipinski definition) is 4. The van der Waals surface area contributed by atoms with Crippen molar-refractivity contribution < 1.29 is 9.13 Å². The number of hydrogen-bond donors (Lipinski definition) is 2. The van der Waals surface area contributed by atoms with Gasteiger partial charge in [0.15, 0.2) is 0 Å². The van der Waals surface area contributed by atoms with E-state index in [1.165, 1.54) is 37.1 Å². The molecule has 0 radical (unpaired) electrons. The Morgan fingerprint density at radius 1 is 0.641 bits per heavy atom. The summed E-state index contributed by atoms with van der Waals surface area (Å²) in [6.07, 6.45) is 19.4. The number of nitrogens with zero attached hydrogens (tertiary/aromatic N) is 6. The molecule has 2 aliphatic heterocycles. The number of aromatic nitrogens is 4. The van der Waals surface area contributed by atoms with E-state index in [-0.39, 0.29) is 0 Å². The highest BCUT2D eigenvalue weighted by molar-refractivity contribution is 5.55. The summed E-state index contributed by atoms with van der Waals surface area (Å²) in [5.41, 5.74) is 16.0. The van der Waals surface area contributed by atoms with E-state index < -0.39 is 0 Å². The van der Waals surface area contributed by atoms with Crippen LogP contribution in [0.5, 0.6) is 0 Å². The van der Waals surface area contributed by atoms with Gasteiger partial charge in [-0.05, 0) is 74.2 Å². The molecule has 2 unspecified atom stereocenters. The van der Waals surface area contributed by atoms with Gasteiger partial charge in [0.25, 0.3) is 0 Å². The van der Waals surface area contributed by atoms with Crippen LogP contribution in [0, 0.1) is 0 Å². The highest BCUT2D eigenvalue weighted by atomic mass is 15.2. The third-order valence-electron chi connectivity index (χ3n) is 8.37. The fourth-order valence-electron chi connectivity index (χ4n) is 6.34. The zero-order valence-corrected chi connectivity index (χ0v) is 22.9. The molecule has 0 amide bonds. The van der Waals surface area contributed by atoms with Gasteiger partial charge in [0.1, 0.15) is 37.9 Å². The van der Waals surface area contributed by atoms with Crippen LogP contribution >= 0.6 is 0 Å². The molecule has 204 valence electrons. The smallest absolute Gasteiger partial charge is 0.243 e. The molecule has 4 heterocycles. The summed E-state index contributed by atoms with van der Waals surface area (Å²) >= 11 is 0. The van der Waals surface area contributed by atoms with Gasteiger partial charge in [-0.1, -0.05) is 0 Å². The minimum Gasteiger partial charge on any atom is -0.399 e. The minimum atomic E-state index is 0.528. The molecule has 8 nitrogen and oxygen atoms in total. The monoisotopic (exact) mass is 526 g/mol. The summed E-state index contributed by atoms with van der Waals surface area (Å²) in [5.74, 6) is 0. The first-order chi connectivity index (χ1) is 19.1. The number of anilines is 4. The van der Waals surface area contributed by atoms with Crippen LogP contribution in [0.3, 0.4) is 0 Å². The molecule has 2 aromatic carbocycles. The third-order valence-corrected chi connectivity index (χ3v) is 8.37. The minimum absolute atomic E-state index is 0.528. The quantitative estimate of drug-likeness (QED) is 0.245. The standard InChI is InChI=1S/C31H42N8/c32-26-6-10-28(11-7-26)38-16-1-4-30(38)22-36-20-18-34(24-36)14-3-15-35-19-21-37(25-35)23-31-5-2-17-39(31)29-12-8-27(33)9-13-29/h6-13,18-21,24-25,30-31H,1-5,14-17,22-23,32-33H2/q+2. The summed E-state index contributed by atoms with van der Waals surface area (Å²) in [4.78, 5) is 5.07. The SMILES string of the molecule is Nc1ccc(N2CCCC2C[n+]2ccn(CCCn3cc[n+](CC4CCCN4c4ccc(N)cc4)c3)c2)cc1. The first kappa shape index (κ1) is 25.3. The van der Waals surface area contributed by atoms with Crippen molar-refractivity contribution in [2.45, 2.75) is 70.4 Å². The van der Waals surface area contributed by atoms with E-state index in [1.807, 2.05) is 24.3 Å². The lowest BCUT2D eigenvalue weighted by molar-refractivity contribution is -0.698. The van der Waals surface area contributed by atoms with Gasteiger partial charge in [-0.2, -0.15) is 0 Å². The number of rotatable bonds is 10. The number of aryl methyl sites for hydroxylation is 2. The molecular formula is C31H42N8+2. The van der Waals surface area contributed by atoms with Crippen LogP contribution in [0.25, 0.3) is 0 Å². The first-order valence-corrected chi connectivity index (χ1v) is 14.4. The van der Waals surface area contributed by atoms with Gasteiger partial charge in [0, 0.05) is 42.3 Å². The Kier molecular flexibility index (Phi) is 7.43. The molecular weight excluding hydrogens is 484 g/mol. The van der Waals surface area contributed by atoms with E-state index in [0.717, 1.165) is 57.1 Å². The van der Waals surface area contributed by atoms with Crippen LogP contribution in [-0.4, -0.2) is 34.3 Å². The molecule has 39 heavy (non-hydrogen) atoms. The van der Waals surface area contributed by atoms with Gasteiger partial charge in [0.2, 0.25) is 12.7 Å². The topological polar surface area (TPSA) is 76.1 Å². The normalized spacial score (nSPS) is 19.3. The van der Waals surface area contributed by atoms with Crippen molar-refractivity contribution in [3.05, 3.63) is 86.0 Å². The lowest BCUT2D eigenvalue weighted by Crippen LogP contribution is -2.44. The number of imidazole rings is 2. The molecule has 4 N–H and O–H groups in total. The zero-order valence-electron chi connectivity index (χ0n) is 22.9.